The highest BCUT2D eigenvalue weighted by Gasteiger charge is 2.23. The number of carbonyl (C=O) groups excluding carboxylic acids is 1. The minimum atomic E-state index is -4.60. The van der Waals surface area contributed by atoms with E-state index < -0.39 is 26.6 Å². The minimum Gasteiger partial charge on any atom is -0.756 e. The Morgan fingerprint density at radius 1 is 0.648 bits per heavy atom. The Kier molecular flexibility index (Phi) is 36.0. The molecular formula is C45H85N2O6P. The second-order valence-corrected chi connectivity index (χ2v) is 17.4. The van der Waals surface area contributed by atoms with Gasteiger partial charge in [-0.05, 0) is 64.2 Å². The van der Waals surface area contributed by atoms with E-state index in [0.29, 0.717) is 17.4 Å². The number of phosphoric ester groups is 1. The maximum atomic E-state index is 12.8. The molecule has 3 unspecified atom stereocenters. The van der Waals surface area contributed by atoms with Crippen molar-refractivity contribution in [2.24, 2.45) is 0 Å². The van der Waals surface area contributed by atoms with Gasteiger partial charge in [-0.2, -0.15) is 0 Å². The lowest BCUT2D eigenvalue weighted by atomic mass is 10.1. The lowest BCUT2D eigenvalue weighted by molar-refractivity contribution is -0.870. The average molecular weight is 781 g/mol. The third-order valence-corrected chi connectivity index (χ3v) is 10.5. The monoisotopic (exact) mass is 781 g/mol. The number of carbonyl (C=O) groups is 1. The molecule has 3 atom stereocenters. The van der Waals surface area contributed by atoms with Crippen LogP contribution >= 0.6 is 7.82 Å². The molecule has 0 aliphatic carbocycles. The highest BCUT2D eigenvalue weighted by atomic mass is 31.2. The van der Waals surface area contributed by atoms with Crippen LogP contribution in [0.2, 0.25) is 0 Å². The molecule has 0 saturated carbocycles. The van der Waals surface area contributed by atoms with Crippen LogP contribution in [-0.4, -0.2) is 68.5 Å². The summed E-state index contributed by atoms with van der Waals surface area (Å²) < 4.78 is 23.2. The minimum absolute atomic E-state index is 0.00935. The van der Waals surface area contributed by atoms with E-state index in [0.717, 1.165) is 57.8 Å². The van der Waals surface area contributed by atoms with E-state index in [1.165, 1.54) is 103 Å². The van der Waals surface area contributed by atoms with E-state index in [1.807, 2.05) is 27.2 Å². The van der Waals surface area contributed by atoms with Crippen LogP contribution in [0.1, 0.15) is 181 Å². The third-order valence-electron chi connectivity index (χ3n) is 9.51. The number of hydrogen-bond acceptors (Lipinski definition) is 6. The standard InChI is InChI=1S/C45H85N2O6P/c1-6-8-10-12-14-16-18-20-22-23-25-27-29-31-33-35-37-39-45(49)46-43(42-53-54(50,51)52-41-40-47(3,4)5)44(48)38-36-34-32-30-28-26-24-21-19-17-15-13-11-9-7-2/h14,16,20,22,28,30,36,38,43-44,48H,6-13,15,17-19,21,23-27,29,31-35,37,39-42H2,1-5H3,(H-,46,49,50,51)/b16-14-,22-20-,30-28+,38-36+. The number of allylic oxidation sites excluding steroid dienone is 7. The summed E-state index contributed by atoms with van der Waals surface area (Å²) in [6.45, 7) is 4.58. The number of amides is 1. The summed E-state index contributed by atoms with van der Waals surface area (Å²) in [5.74, 6) is -0.218. The topological polar surface area (TPSA) is 108 Å². The van der Waals surface area contributed by atoms with Gasteiger partial charge in [0.05, 0.1) is 39.9 Å². The van der Waals surface area contributed by atoms with Crippen LogP contribution in [-0.2, 0) is 18.4 Å². The van der Waals surface area contributed by atoms with E-state index in [9.17, 15) is 19.4 Å². The van der Waals surface area contributed by atoms with Gasteiger partial charge in [-0.3, -0.25) is 9.36 Å². The van der Waals surface area contributed by atoms with Crippen molar-refractivity contribution in [2.75, 3.05) is 40.9 Å². The number of phosphoric acid groups is 1. The van der Waals surface area contributed by atoms with Crippen molar-refractivity contribution < 1.29 is 32.9 Å². The van der Waals surface area contributed by atoms with Crippen molar-refractivity contribution >= 4 is 13.7 Å². The predicted octanol–water partition coefficient (Wildman–Crippen LogP) is 11.4. The normalized spacial score (nSPS) is 14.9. The van der Waals surface area contributed by atoms with Gasteiger partial charge in [-0.15, -0.1) is 0 Å². The number of quaternary nitrogens is 1. The first-order valence-corrected chi connectivity index (χ1v) is 23.5. The highest BCUT2D eigenvalue weighted by Crippen LogP contribution is 2.38. The summed E-state index contributed by atoms with van der Waals surface area (Å²) in [7, 11) is 1.23. The quantitative estimate of drug-likeness (QED) is 0.0278. The van der Waals surface area contributed by atoms with Gasteiger partial charge in [0.15, 0.2) is 0 Å². The first-order valence-electron chi connectivity index (χ1n) is 22.0. The molecule has 0 aliphatic heterocycles. The molecule has 0 saturated heterocycles. The van der Waals surface area contributed by atoms with Crippen LogP contribution in [0.15, 0.2) is 48.6 Å². The molecule has 0 aromatic rings. The molecule has 0 aromatic carbocycles. The summed E-state index contributed by atoms with van der Waals surface area (Å²) >= 11 is 0. The smallest absolute Gasteiger partial charge is 0.268 e. The van der Waals surface area contributed by atoms with Crippen molar-refractivity contribution in [3.8, 4) is 0 Å². The molecule has 0 aliphatic rings. The highest BCUT2D eigenvalue weighted by molar-refractivity contribution is 7.45. The van der Waals surface area contributed by atoms with E-state index in [-0.39, 0.29) is 12.5 Å². The molecule has 8 nitrogen and oxygen atoms in total. The van der Waals surface area contributed by atoms with E-state index in [1.54, 1.807) is 6.08 Å². The molecule has 0 aromatic heterocycles. The summed E-state index contributed by atoms with van der Waals surface area (Å²) in [6, 6.07) is -0.906. The second-order valence-electron chi connectivity index (χ2n) is 16.0. The Morgan fingerprint density at radius 3 is 1.65 bits per heavy atom. The van der Waals surface area contributed by atoms with Crippen LogP contribution in [0.5, 0.6) is 0 Å². The molecule has 9 heteroatoms. The summed E-state index contributed by atoms with van der Waals surface area (Å²) in [5, 5.41) is 13.7. The van der Waals surface area contributed by atoms with Crippen molar-refractivity contribution in [3.63, 3.8) is 0 Å². The molecule has 0 bridgehead atoms. The summed E-state index contributed by atoms with van der Waals surface area (Å²) in [4.78, 5) is 25.3. The van der Waals surface area contributed by atoms with Crippen LogP contribution in [0.25, 0.3) is 0 Å². The number of unbranched alkanes of at least 4 members (excludes halogenated alkanes) is 20. The van der Waals surface area contributed by atoms with Crippen molar-refractivity contribution in [3.05, 3.63) is 48.6 Å². The first kappa shape index (κ1) is 52.5. The first-order chi connectivity index (χ1) is 26.0. The number of nitrogens with one attached hydrogen (secondary N) is 1. The fraction of sp³-hybridized carbons (Fsp3) is 0.800. The molecule has 0 rings (SSSR count). The Morgan fingerprint density at radius 2 is 1.09 bits per heavy atom. The maximum absolute atomic E-state index is 12.8. The molecular weight excluding hydrogens is 695 g/mol. The second kappa shape index (κ2) is 37.1. The number of aliphatic hydroxyl groups excluding tert-OH is 1. The molecule has 0 radical (unpaired) electrons. The lowest BCUT2D eigenvalue weighted by Gasteiger charge is -2.29. The number of aliphatic hydroxyl groups is 1. The van der Waals surface area contributed by atoms with Gasteiger partial charge < -0.3 is 28.8 Å². The zero-order valence-corrected chi connectivity index (χ0v) is 36.6. The lowest BCUT2D eigenvalue weighted by Crippen LogP contribution is -2.45. The molecule has 1 amide bonds. The molecule has 54 heavy (non-hydrogen) atoms. The number of likely N-dealkylation sites (N-methyl/N-ethyl adjacent to an activating group) is 1. The molecule has 2 N–H and O–H groups in total. The Bertz CT molecular complexity index is 1020. The predicted molar refractivity (Wildman–Crippen MR) is 228 cm³/mol. The number of nitrogens with zero attached hydrogens (tertiary/aromatic N) is 1. The van der Waals surface area contributed by atoms with E-state index >= 15 is 0 Å². The van der Waals surface area contributed by atoms with Gasteiger partial charge in [-0.1, -0.05) is 159 Å². The number of rotatable bonds is 39. The largest absolute Gasteiger partial charge is 0.756 e. The molecule has 316 valence electrons. The van der Waals surface area contributed by atoms with Crippen LogP contribution in [0, 0.1) is 0 Å². The van der Waals surface area contributed by atoms with E-state index in [2.05, 4.69) is 55.6 Å². The fourth-order valence-corrected chi connectivity index (χ4v) is 6.68. The van der Waals surface area contributed by atoms with Crippen LogP contribution in [0.3, 0.4) is 0 Å². The zero-order valence-electron chi connectivity index (χ0n) is 35.7. The van der Waals surface area contributed by atoms with Gasteiger partial charge >= 0.3 is 0 Å². The number of hydrogen-bond donors (Lipinski definition) is 2. The summed E-state index contributed by atoms with van der Waals surface area (Å²) in [6.07, 6.45) is 45.8. The van der Waals surface area contributed by atoms with Crippen LogP contribution in [0.4, 0.5) is 0 Å². The van der Waals surface area contributed by atoms with Gasteiger partial charge in [0.2, 0.25) is 5.91 Å². The van der Waals surface area contributed by atoms with Crippen molar-refractivity contribution in [1.82, 2.24) is 5.32 Å². The SMILES string of the molecule is CCCCC/C=C\C/C=C\CCCCCCCCCC(=O)NC(COP(=O)([O-])OCC[N+](C)(C)C)C(O)/C=C/CC/C=C/CCCCCCCCCCC. The van der Waals surface area contributed by atoms with Crippen molar-refractivity contribution in [1.29, 1.82) is 0 Å². The van der Waals surface area contributed by atoms with Gasteiger partial charge in [0.1, 0.15) is 13.2 Å². The van der Waals surface area contributed by atoms with E-state index in [4.69, 9.17) is 9.05 Å². The average Bonchev–Trinajstić information content (AvgIpc) is 3.12. The Balaban J connectivity index is 4.50. The van der Waals surface area contributed by atoms with Gasteiger partial charge in [0.25, 0.3) is 7.82 Å². The Hall–Kier alpha value is -1.54. The maximum Gasteiger partial charge on any atom is 0.268 e. The molecule has 0 spiro atoms. The fourth-order valence-electron chi connectivity index (χ4n) is 5.96. The third kappa shape index (κ3) is 38.7. The van der Waals surface area contributed by atoms with Crippen molar-refractivity contribution in [2.45, 2.75) is 193 Å². The molecule has 0 heterocycles. The van der Waals surface area contributed by atoms with Gasteiger partial charge in [0, 0.05) is 6.42 Å². The van der Waals surface area contributed by atoms with Gasteiger partial charge in [-0.25, -0.2) is 0 Å². The zero-order chi connectivity index (χ0) is 40.0. The van der Waals surface area contributed by atoms with Crippen LogP contribution < -0.4 is 10.2 Å². The Labute approximate surface area is 333 Å². The molecule has 0 fully saturated rings. The summed E-state index contributed by atoms with van der Waals surface area (Å²) in [5.41, 5.74) is 0.